The van der Waals surface area contributed by atoms with Crippen molar-refractivity contribution in [2.75, 3.05) is 0 Å². The number of benzene rings is 1. The van der Waals surface area contributed by atoms with Crippen molar-refractivity contribution in [3.63, 3.8) is 0 Å². The highest BCUT2D eigenvalue weighted by molar-refractivity contribution is 5.88. The van der Waals surface area contributed by atoms with E-state index in [2.05, 4.69) is 5.10 Å². The van der Waals surface area contributed by atoms with Gasteiger partial charge in [0.1, 0.15) is 0 Å². The minimum atomic E-state index is 0.710. The SMILES string of the molecule is Cc1ccc(C=O)c(-c2cnn(C)c2C)c1. The van der Waals surface area contributed by atoms with Gasteiger partial charge in [0.2, 0.25) is 0 Å². The largest absolute Gasteiger partial charge is 0.298 e. The van der Waals surface area contributed by atoms with E-state index in [1.54, 1.807) is 6.20 Å². The maximum absolute atomic E-state index is 11.0. The van der Waals surface area contributed by atoms with Crippen molar-refractivity contribution in [2.24, 2.45) is 7.05 Å². The number of carbonyl (C=O) groups is 1. The summed E-state index contributed by atoms with van der Waals surface area (Å²) >= 11 is 0. The summed E-state index contributed by atoms with van der Waals surface area (Å²) in [5, 5.41) is 4.20. The molecule has 2 aromatic rings. The van der Waals surface area contributed by atoms with Crippen LogP contribution in [0.2, 0.25) is 0 Å². The van der Waals surface area contributed by atoms with E-state index in [0.717, 1.165) is 28.7 Å². The number of rotatable bonds is 2. The molecule has 3 nitrogen and oxygen atoms in total. The first kappa shape index (κ1) is 10.6. The Morgan fingerprint density at radius 2 is 2.00 bits per heavy atom. The molecule has 0 N–H and O–H groups in total. The van der Waals surface area contributed by atoms with Crippen LogP contribution in [0.15, 0.2) is 24.4 Å². The summed E-state index contributed by atoms with van der Waals surface area (Å²) in [5.41, 5.74) is 4.90. The third-order valence-corrected chi connectivity index (χ3v) is 2.86. The summed E-state index contributed by atoms with van der Waals surface area (Å²) in [7, 11) is 1.90. The Hall–Kier alpha value is -1.90. The molecule has 0 atom stereocenters. The molecule has 16 heavy (non-hydrogen) atoms. The van der Waals surface area contributed by atoms with Gasteiger partial charge in [0.05, 0.1) is 6.20 Å². The van der Waals surface area contributed by atoms with Crippen molar-refractivity contribution < 1.29 is 4.79 Å². The molecule has 0 radical (unpaired) electrons. The highest BCUT2D eigenvalue weighted by atomic mass is 16.1. The number of aryl methyl sites for hydroxylation is 2. The average Bonchev–Trinajstić information content (AvgIpc) is 2.60. The molecule has 0 aliphatic carbocycles. The molecule has 1 aromatic carbocycles. The van der Waals surface area contributed by atoms with E-state index in [-0.39, 0.29) is 0 Å². The topological polar surface area (TPSA) is 34.9 Å². The normalized spacial score (nSPS) is 10.4. The monoisotopic (exact) mass is 214 g/mol. The Morgan fingerprint density at radius 1 is 1.25 bits per heavy atom. The molecule has 0 saturated carbocycles. The van der Waals surface area contributed by atoms with Crippen molar-refractivity contribution in [3.8, 4) is 11.1 Å². The number of aromatic nitrogens is 2. The van der Waals surface area contributed by atoms with Crippen molar-refractivity contribution in [3.05, 3.63) is 41.2 Å². The van der Waals surface area contributed by atoms with Crippen LogP contribution in [0.4, 0.5) is 0 Å². The van der Waals surface area contributed by atoms with Crippen LogP contribution in [0.25, 0.3) is 11.1 Å². The first-order chi connectivity index (χ1) is 7.63. The highest BCUT2D eigenvalue weighted by Crippen LogP contribution is 2.26. The second kappa shape index (κ2) is 3.93. The lowest BCUT2D eigenvalue weighted by atomic mass is 9.99. The molecule has 82 valence electrons. The lowest BCUT2D eigenvalue weighted by Gasteiger charge is -2.05. The van der Waals surface area contributed by atoms with E-state index >= 15 is 0 Å². The Labute approximate surface area is 94.7 Å². The molecule has 0 fully saturated rings. The smallest absolute Gasteiger partial charge is 0.150 e. The lowest BCUT2D eigenvalue weighted by Crippen LogP contribution is -1.94. The maximum Gasteiger partial charge on any atom is 0.150 e. The van der Waals surface area contributed by atoms with Crippen LogP contribution in [-0.4, -0.2) is 16.1 Å². The van der Waals surface area contributed by atoms with Gasteiger partial charge >= 0.3 is 0 Å². The lowest BCUT2D eigenvalue weighted by molar-refractivity contribution is 0.112. The molecule has 0 aliphatic heterocycles. The fourth-order valence-corrected chi connectivity index (χ4v) is 1.77. The molecule has 0 spiro atoms. The van der Waals surface area contributed by atoms with Crippen LogP contribution in [-0.2, 0) is 7.05 Å². The number of carbonyl (C=O) groups excluding carboxylic acids is 1. The molecule has 1 heterocycles. The van der Waals surface area contributed by atoms with Crippen LogP contribution in [0.1, 0.15) is 21.6 Å². The third kappa shape index (κ3) is 1.65. The zero-order chi connectivity index (χ0) is 11.7. The second-order valence-electron chi connectivity index (χ2n) is 3.98. The Balaban J connectivity index is 2.67. The molecule has 0 saturated heterocycles. The first-order valence-corrected chi connectivity index (χ1v) is 5.18. The summed E-state index contributed by atoms with van der Waals surface area (Å²) in [6.07, 6.45) is 2.69. The fourth-order valence-electron chi connectivity index (χ4n) is 1.77. The molecule has 0 bridgehead atoms. The molecule has 0 amide bonds. The number of hydrogen-bond acceptors (Lipinski definition) is 2. The van der Waals surface area contributed by atoms with E-state index in [4.69, 9.17) is 0 Å². The Kier molecular flexibility index (Phi) is 2.60. The predicted octanol–water partition coefficient (Wildman–Crippen LogP) is 2.52. The Morgan fingerprint density at radius 3 is 2.56 bits per heavy atom. The van der Waals surface area contributed by atoms with Gasteiger partial charge in [0.15, 0.2) is 6.29 Å². The molecular formula is C13H14N2O. The zero-order valence-corrected chi connectivity index (χ0v) is 9.69. The van der Waals surface area contributed by atoms with Gasteiger partial charge in [-0.1, -0.05) is 23.8 Å². The number of hydrogen-bond donors (Lipinski definition) is 0. The van der Waals surface area contributed by atoms with Gasteiger partial charge in [-0.15, -0.1) is 0 Å². The van der Waals surface area contributed by atoms with Gasteiger partial charge in [-0.25, -0.2) is 0 Å². The molecular weight excluding hydrogens is 200 g/mol. The molecule has 0 unspecified atom stereocenters. The van der Waals surface area contributed by atoms with Crippen molar-refractivity contribution in [1.82, 2.24) is 9.78 Å². The molecule has 2 rings (SSSR count). The van der Waals surface area contributed by atoms with E-state index < -0.39 is 0 Å². The standard InChI is InChI=1S/C13H14N2O/c1-9-4-5-11(8-16)12(6-9)13-7-14-15(3)10(13)2/h4-8H,1-3H3. The maximum atomic E-state index is 11.0. The fraction of sp³-hybridized carbons (Fsp3) is 0.231. The van der Waals surface area contributed by atoms with Gasteiger partial charge < -0.3 is 0 Å². The number of aldehydes is 1. The highest BCUT2D eigenvalue weighted by Gasteiger charge is 2.10. The minimum absolute atomic E-state index is 0.710. The van der Waals surface area contributed by atoms with E-state index in [1.165, 1.54) is 0 Å². The van der Waals surface area contributed by atoms with Crippen LogP contribution in [0, 0.1) is 13.8 Å². The minimum Gasteiger partial charge on any atom is -0.298 e. The van der Waals surface area contributed by atoms with Crippen LogP contribution in [0.3, 0.4) is 0 Å². The van der Waals surface area contributed by atoms with Gasteiger partial charge in [-0.05, 0) is 19.4 Å². The molecule has 1 aromatic heterocycles. The first-order valence-electron chi connectivity index (χ1n) is 5.18. The van der Waals surface area contributed by atoms with Gasteiger partial charge in [-0.3, -0.25) is 9.48 Å². The van der Waals surface area contributed by atoms with Crippen molar-refractivity contribution in [1.29, 1.82) is 0 Å². The summed E-state index contributed by atoms with van der Waals surface area (Å²) in [6.45, 7) is 4.02. The molecule has 0 aliphatic rings. The second-order valence-corrected chi connectivity index (χ2v) is 3.98. The van der Waals surface area contributed by atoms with Gasteiger partial charge in [-0.2, -0.15) is 5.10 Å². The number of nitrogens with zero attached hydrogens (tertiary/aromatic N) is 2. The quantitative estimate of drug-likeness (QED) is 0.720. The summed E-state index contributed by atoms with van der Waals surface area (Å²) in [4.78, 5) is 11.0. The van der Waals surface area contributed by atoms with E-state index in [1.807, 2.05) is 43.8 Å². The van der Waals surface area contributed by atoms with Gasteiger partial charge in [0, 0.05) is 23.9 Å². The van der Waals surface area contributed by atoms with Crippen LogP contribution >= 0.6 is 0 Å². The third-order valence-electron chi connectivity index (χ3n) is 2.86. The summed E-state index contributed by atoms with van der Waals surface area (Å²) < 4.78 is 1.81. The van der Waals surface area contributed by atoms with Crippen LogP contribution < -0.4 is 0 Å². The van der Waals surface area contributed by atoms with E-state index in [9.17, 15) is 4.79 Å². The van der Waals surface area contributed by atoms with Crippen molar-refractivity contribution in [2.45, 2.75) is 13.8 Å². The summed E-state index contributed by atoms with van der Waals surface area (Å²) in [5.74, 6) is 0. The van der Waals surface area contributed by atoms with Crippen molar-refractivity contribution >= 4 is 6.29 Å². The average molecular weight is 214 g/mol. The van der Waals surface area contributed by atoms with Crippen LogP contribution in [0.5, 0.6) is 0 Å². The molecule has 3 heteroatoms. The Bertz CT molecular complexity index is 541. The zero-order valence-electron chi connectivity index (χ0n) is 9.69. The van der Waals surface area contributed by atoms with Gasteiger partial charge in [0.25, 0.3) is 0 Å². The van der Waals surface area contributed by atoms with E-state index in [0.29, 0.717) is 5.56 Å². The summed E-state index contributed by atoms with van der Waals surface area (Å²) in [6, 6.07) is 5.82. The predicted molar refractivity (Wildman–Crippen MR) is 63.5 cm³/mol.